The standard InChI is InChI=1S/C16H29NO2/c1-4-19-16(18)14-5-7-17(8-6-14)15-10-12(2)9-13(3)11-15/h12-15H,4-11H2,1-3H3. The minimum absolute atomic E-state index is 0.0209. The third-order valence-electron chi connectivity index (χ3n) is 4.82. The van der Waals surface area contributed by atoms with E-state index < -0.39 is 0 Å². The summed E-state index contributed by atoms with van der Waals surface area (Å²) in [7, 11) is 0. The zero-order valence-electron chi connectivity index (χ0n) is 12.7. The molecule has 3 nitrogen and oxygen atoms in total. The van der Waals surface area contributed by atoms with Crippen molar-refractivity contribution in [3.8, 4) is 0 Å². The Balaban J connectivity index is 1.81. The van der Waals surface area contributed by atoms with Crippen LogP contribution in [0.3, 0.4) is 0 Å². The molecule has 2 aliphatic rings. The first-order chi connectivity index (χ1) is 9.10. The van der Waals surface area contributed by atoms with Crippen molar-refractivity contribution in [3.63, 3.8) is 0 Å². The van der Waals surface area contributed by atoms with E-state index in [9.17, 15) is 4.79 Å². The lowest BCUT2D eigenvalue weighted by Crippen LogP contribution is -2.46. The van der Waals surface area contributed by atoms with E-state index in [-0.39, 0.29) is 11.9 Å². The summed E-state index contributed by atoms with van der Waals surface area (Å²) in [5, 5.41) is 0. The van der Waals surface area contributed by atoms with Crippen molar-refractivity contribution in [1.82, 2.24) is 4.90 Å². The molecule has 0 aromatic rings. The average Bonchev–Trinajstić information content (AvgIpc) is 2.38. The normalized spacial score (nSPS) is 34.2. The molecule has 2 rings (SSSR count). The summed E-state index contributed by atoms with van der Waals surface area (Å²) in [4.78, 5) is 14.4. The van der Waals surface area contributed by atoms with E-state index in [1.807, 2.05) is 6.92 Å². The Morgan fingerprint density at radius 1 is 1.11 bits per heavy atom. The van der Waals surface area contributed by atoms with Gasteiger partial charge in [-0.25, -0.2) is 0 Å². The second kappa shape index (κ2) is 6.74. The maximum atomic E-state index is 11.7. The van der Waals surface area contributed by atoms with Crippen molar-refractivity contribution in [3.05, 3.63) is 0 Å². The molecule has 0 aromatic carbocycles. The highest BCUT2D eigenvalue weighted by Gasteiger charge is 2.32. The summed E-state index contributed by atoms with van der Waals surface area (Å²) in [6, 6.07) is 0.752. The average molecular weight is 267 g/mol. The van der Waals surface area contributed by atoms with Crippen molar-refractivity contribution in [2.75, 3.05) is 19.7 Å². The zero-order valence-corrected chi connectivity index (χ0v) is 12.7. The van der Waals surface area contributed by atoms with Gasteiger partial charge in [-0.3, -0.25) is 4.79 Å². The van der Waals surface area contributed by atoms with Crippen LogP contribution < -0.4 is 0 Å². The van der Waals surface area contributed by atoms with Crippen molar-refractivity contribution in [1.29, 1.82) is 0 Å². The molecule has 0 aromatic heterocycles. The van der Waals surface area contributed by atoms with Crippen LogP contribution in [0.2, 0.25) is 0 Å². The Labute approximate surface area is 117 Å². The van der Waals surface area contributed by atoms with E-state index in [4.69, 9.17) is 4.74 Å². The molecule has 2 atom stereocenters. The van der Waals surface area contributed by atoms with Gasteiger partial charge in [0.1, 0.15) is 0 Å². The number of carbonyl (C=O) groups is 1. The fraction of sp³-hybridized carbons (Fsp3) is 0.938. The molecular weight excluding hydrogens is 238 g/mol. The SMILES string of the molecule is CCOC(=O)C1CCN(C2CC(C)CC(C)C2)CC1. The maximum absolute atomic E-state index is 11.7. The molecule has 110 valence electrons. The molecule has 2 unspecified atom stereocenters. The third kappa shape index (κ3) is 3.95. The fourth-order valence-corrected chi connectivity index (χ4v) is 3.96. The van der Waals surface area contributed by atoms with Crippen LogP contribution >= 0.6 is 0 Å². The van der Waals surface area contributed by atoms with E-state index in [2.05, 4.69) is 18.7 Å². The highest BCUT2D eigenvalue weighted by Crippen LogP contribution is 2.33. The lowest BCUT2D eigenvalue weighted by atomic mass is 9.79. The van der Waals surface area contributed by atoms with E-state index in [0.717, 1.165) is 43.8 Å². The first kappa shape index (κ1) is 14.8. The molecule has 3 heteroatoms. The maximum Gasteiger partial charge on any atom is 0.309 e. The Hall–Kier alpha value is -0.570. The molecule has 2 fully saturated rings. The fourth-order valence-electron chi connectivity index (χ4n) is 3.96. The van der Waals surface area contributed by atoms with Crippen LogP contribution in [-0.4, -0.2) is 36.6 Å². The summed E-state index contributed by atoms with van der Waals surface area (Å²) in [5.41, 5.74) is 0. The van der Waals surface area contributed by atoms with Crippen LogP contribution in [0.4, 0.5) is 0 Å². The van der Waals surface area contributed by atoms with E-state index in [1.54, 1.807) is 0 Å². The zero-order chi connectivity index (χ0) is 13.8. The monoisotopic (exact) mass is 267 g/mol. The summed E-state index contributed by atoms with van der Waals surface area (Å²) in [6.45, 7) is 9.32. The van der Waals surface area contributed by atoms with Gasteiger partial charge in [0.15, 0.2) is 0 Å². The van der Waals surface area contributed by atoms with E-state index >= 15 is 0 Å². The molecule has 0 radical (unpaired) electrons. The summed E-state index contributed by atoms with van der Waals surface area (Å²) >= 11 is 0. The number of carbonyl (C=O) groups excluding carboxylic acids is 1. The number of rotatable bonds is 3. The van der Waals surface area contributed by atoms with Gasteiger partial charge < -0.3 is 9.64 Å². The van der Waals surface area contributed by atoms with Crippen LogP contribution in [0.15, 0.2) is 0 Å². The first-order valence-corrected chi connectivity index (χ1v) is 8.00. The van der Waals surface area contributed by atoms with Crippen LogP contribution in [0.5, 0.6) is 0 Å². The number of nitrogens with zero attached hydrogens (tertiary/aromatic N) is 1. The smallest absolute Gasteiger partial charge is 0.309 e. The summed E-state index contributed by atoms with van der Waals surface area (Å²) in [6.07, 6.45) is 6.04. The Kier molecular flexibility index (Phi) is 5.26. The Bertz CT molecular complexity index is 287. The molecule has 19 heavy (non-hydrogen) atoms. The van der Waals surface area contributed by atoms with Gasteiger partial charge in [0.05, 0.1) is 12.5 Å². The van der Waals surface area contributed by atoms with Gasteiger partial charge in [-0.15, -0.1) is 0 Å². The van der Waals surface area contributed by atoms with Crippen LogP contribution in [0.1, 0.15) is 52.9 Å². The van der Waals surface area contributed by atoms with E-state index in [0.29, 0.717) is 6.61 Å². The highest BCUT2D eigenvalue weighted by molar-refractivity contribution is 5.72. The van der Waals surface area contributed by atoms with Crippen LogP contribution in [0, 0.1) is 17.8 Å². The largest absolute Gasteiger partial charge is 0.466 e. The molecule has 1 saturated carbocycles. The lowest BCUT2D eigenvalue weighted by molar-refractivity contribution is -0.150. The first-order valence-electron chi connectivity index (χ1n) is 8.00. The Morgan fingerprint density at radius 3 is 2.21 bits per heavy atom. The minimum atomic E-state index is 0.0209. The number of ether oxygens (including phenoxy) is 1. The second-order valence-corrected chi connectivity index (χ2v) is 6.63. The van der Waals surface area contributed by atoms with Gasteiger partial charge in [0.2, 0.25) is 0 Å². The molecule has 0 N–H and O–H groups in total. The Morgan fingerprint density at radius 2 is 1.68 bits per heavy atom. The number of esters is 1. The summed E-state index contributed by atoms with van der Waals surface area (Å²) < 4.78 is 5.14. The quantitative estimate of drug-likeness (QED) is 0.736. The van der Waals surface area contributed by atoms with Crippen LogP contribution in [-0.2, 0) is 9.53 Å². The predicted octanol–water partition coefficient (Wildman–Crippen LogP) is 3.09. The number of piperidine rings is 1. The number of hydrogen-bond donors (Lipinski definition) is 0. The van der Waals surface area contributed by atoms with Crippen molar-refractivity contribution in [2.45, 2.75) is 58.9 Å². The van der Waals surface area contributed by atoms with E-state index in [1.165, 1.54) is 19.3 Å². The van der Waals surface area contributed by atoms with Gasteiger partial charge >= 0.3 is 5.97 Å². The third-order valence-corrected chi connectivity index (χ3v) is 4.82. The van der Waals surface area contributed by atoms with Gasteiger partial charge in [-0.05, 0) is 64.0 Å². The molecular formula is C16H29NO2. The molecule has 1 heterocycles. The summed E-state index contributed by atoms with van der Waals surface area (Å²) in [5.74, 6) is 1.88. The van der Waals surface area contributed by atoms with Crippen molar-refractivity contribution < 1.29 is 9.53 Å². The van der Waals surface area contributed by atoms with Gasteiger partial charge in [0, 0.05) is 6.04 Å². The molecule has 0 spiro atoms. The second-order valence-electron chi connectivity index (χ2n) is 6.63. The lowest BCUT2D eigenvalue weighted by Gasteiger charge is -2.42. The molecule has 1 aliphatic heterocycles. The number of likely N-dealkylation sites (tertiary alicyclic amines) is 1. The van der Waals surface area contributed by atoms with Gasteiger partial charge in [0.25, 0.3) is 0 Å². The van der Waals surface area contributed by atoms with Crippen LogP contribution in [0.25, 0.3) is 0 Å². The van der Waals surface area contributed by atoms with Crippen molar-refractivity contribution >= 4 is 5.97 Å². The topological polar surface area (TPSA) is 29.5 Å². The molecule has 0 bridgehead atoms. The highest BCUT2D eigenvalue weighted by atomic mass is 16.5. The predicted molar refractivity (Wildman–Crippen MR) is 76.9 cm³/mol. The minimum Gasteiger partial charge on any atom is -0.466 e. The van der Waals surface area contributed by atoms with Crippen molar-refractivity contribution in [2.24, 2.45) is 17.8 Å². The molecule has 1 aliphatic carbocycles. The molecule has 1 saturated heterocycles. The number of hydrogen-bond acceptors (Lipinski definition) is 3. The molecule has 0 amide bonds. The van der Waals surface area contributed by atoms with Gasteiger partial charge in [-0.1, -0.05) is 13.8 Å². The van der Waals surface area contributed by atoms with Gasteiger partial charge in [-0.2, -0.15) is 0 Å².